The van der Waals surface area contributed by atoms with Crippen LogP contribution in [-0.2, 0) is 5.54 Å². The Bertz CT molecular complexity index is 542. The van der Waals surface area contributed by atoms with Gasteiger partial charge in [0.25, 0.3) is 0 Å². The first-order chi connectivity index (χ1) is 10.3. The highest BCUT2D eigenvalue weighted by Crippen LogP contribution is 2.44. The van der Waals surface area contributed by atoms with Crippen LogP contribution < -0.4 is 0 Å². The van der Waals surface area contributed by atoms with Crippen LogP contribution in [0.3, 0.4) is 0 Å². The van der Waals surface area contributed by atoms with Crippen molar-refractivity contribution in [2.45, 2.75) is 45.2 Å². The summed E-state index contributed by atoms with van der Waals surface area (Å²) in [6, 6.07) is 8.73. The van der Waals surface area contributed by atoms with Crippen LogP contribution in [0.4, 0.5) is 4.79 Å². The molecule has 1 aliphatic rings. The summed E-state index contributed by atoms with van der Waals surface area (Å²) in [5.74, 6) is 0.216. The minimum absolute atomic E-state index is 0.216. The fourth-order valence-electron chi connectivity index (χ4n) is 3.82. The molecule has 1 fully saturated rings. The lowest BCUT2D eigenvalue weighted by atomic mass is 9.71. The van der Waals surface area contributed by atoms with Gasteiger partial charge in [0.05, 0.1) is 5.54 Å². The van der Waals surface area contributed by atoms with Gasteiger partial charge in [-0.1, -0.05) is 43.7 Å². The first kappa shape index (κ1) is 16.8. The van der Waals surface area contributed by atoms with Crippen molar-refractivity contribution in [2.24, 2.45) is 5.92 Å². The zero-order valence-corrected chi connectivity index (χ0v) is 14.3. The zero-order valence-electron chi connectivity index (χ0n) is 14.3. The second-order valence-corrected chi connectivity index (χ2v) is 6.99. The van der Waals surface area contributed by atoms with Crippen molar-refractivity contribution in [3.05, 3.63) is 35.4 Å². The van der Waals surface area contributed by atoms with Crippen LogP contribution in [-0.4, -0.2) is 47.7 Å². The number of carboxylic acid groups (broad SMARTS) is 1. The van der Waals surface area contributed by atoms with Gasteiger partial charge in [-0.25, -0.2) is 4.79 Å². The van der Waals surface area contributed by atoms with Crippen LogP contribution in [0.1, 0.15) is 37.8 Å². The first-order valence-electron chi connectivity index (χ1n) is 8.03. The number of hydrogen-bond donors (Lipinski definition) is 1. The Kier molecular flexibility index (Phi) is 4.81. The molecular weight excluding hydrogens is 276 g/mol. The number of carbonyl (C=O) groups is 1. The summed E-state index contributed by atoms with van der Waals surface area (Å²) >= 11 is 0. The third-order valence-corrected chi connectivity index (χ3v) is 5.15. The van der Waals surface area contributed by atoms with E-state index in [2.05, 4.69) is 58.0 Å². The molecule has 1 amide bonds. The molecule has 0 aliphatic carbocycles. The Morgan fingerprint density at radius 3 is 2.59 bits per heavy atom. The number of benzene rings is 1. The van der Waals surface area contributed by atoms with Gasteiger partial charge in [0.1, 0.15) is 0 Å². The van der Waals surface area contributed by atoms with E-state index in [0.717, 1.165) is 18.4 Å². The molecule has 1 saturated heterocycles. The summed E-state index contributed by atoms with van der Waals surface area (Å²) in [5.41, 5.74) is 1.84. The fourth-order valence-corrected chi connectivity index (χ4v) is 3.82. The van der Waals surface area contributed by atoms with Gasteiger partial charge < -0.3 is 10.0 Å². The molecule has 1 heterocycles. The molecule has 22 heavy (non-hydrogen) atoms. The monoisotopic (exact) mass is 304 g/mol. The maximum absolute atomic E-state index is 11.9. The topological polar surface area (TPSA) is 43.8 Å². The number of likely N-dealkylation sites (tertiary alicyclic amines) is 1. The van der Waals surface area contributed by atoms with Gasteiger partial charge in [0.15, 0.2) is 0 Å². The number of piperidine rings is 1. The smallest absolute Gasteiger partial charge is 0.408 e. The molecule has 4 nitrogen and oxygen atoms in total. The molecule has 4 heteroatoms. The van der Waals surface area contributed by atoms with Crippen LogP contribution in [0.25, 0.3) is 0 Å². The molecule has 0 spiro atoms. The average Bonchev–Trinajstić information content (AvgIpc) is 2.45. The van der Waals surface area contributed by atoms with E-state index in [9.17, 15) is 9.90 Å². The molecule has 1 aliphatic heterocycles. The van der Waals surface area contributed by atoms with Gasteiger partial charge in [0, 0.05) is 12.6 Å². The van der Waals surface area contributed by atoms with Gasteiger partial charge in [0.2, 0.25) is 0 Å². The maximum Gasteiger partial charge on any atom is 0.408 e. The molecule has 2 atom stereocenters. The number of nitrogens with zero attached hydrogens (tertiary/aromatic N) is 2. The third-order valence-electron chi connectivity index (χ3n) is 5.15. The van der Waals surface area contributed by atoms with Crippen molar-refractivity contribution in [3.8, 4) is 0 Å². The van der Waals surface area contributed by atoms with Gasteiger partial charge in [-0.05, 0) is 45.3 Å². The predicted octanol–water partition coefficient (Wildman–Crippen LogP) is 3.55. The predicted molar refractivity (Wildman–Crippen MR) is 89.1 cm³/mol. The Balaban J connectivity index is 2.57. The van der Waals surface area contributed by atoms with Crippen molar-refractivity contribution in [2.75, 3.05) is 20.6 Å². The third kappa shape index (κ3) is 2.84. The van der Waals surface area contributed by atoms with E-state index < -0.39 is 11.6 Å². The number of amides is 1. The van der Waals surface area contributed by atoms with E-state index in [1.807, 2.05) is 6.07 Å². The van der Waals surface area contributed by atoms with E-state index in [0.29, 0.717) is 12.6 Å². The summed E-state index contributed by atoms with van der Waals surface area (Å²) in [5, 5.41) is 9.79. The second kappa shape index (κ2) is 6.29. The number of aryl methyl sites for hydroxylation is 1. The van der Waals surface area contributed by atoms with Crippen molar-refractivity contribution < 1.29 is 9.90 Å². The first-order valence-corrected chi connectivity index (χ1v) is 8.03. The number of hydrogen-bond acceptors (Lipinski definition) is 2. The molecule has 1 aromatic rings. The fraction of sp³-hybridized carbons (Fsp3) is 0.611. The summed E-state index contributed by atoms with van der Waals surface area (Å²) in [6.07, 6.45) is 0.917. The lowest BCUT2D eigenvalue weighted by Crippen LogP contribution is -2.59. The van der Waals surface area contributed by atoms with Gasteiger partial charge in [-0.3, -0.25) is 4.90 Å². The minimum atomic E-state index is -0.813. The van der Waals surface area contributed by atoms with Crippen molar-refractivity contribution in [1.82, 2.24) is 9.80 Å². The second-order valence-electron chi connectivity index (χ2n) is 6.99. The number of rotatable bonds is 3. The molecule has 2 unspecified atom stereocenters. The molecule has 1 aromatic carbocycles. The normalized spacial score (nSPS) is 25.8. The van der Waals surface area contributed by atoms with E-state index in [1.165, 1.54) is 5.56 Å². The van der Waals surface area contributed by atoms with Crippen LogP contribution in [0, 0.1) is 12.8 Å². The zero-order chi connectivity index (χ0) is 16.5. The molecule has 1 N–H and O–H groups in total. The largest absolute Gasteiger partial charge is 0.465 e. The average molecular weight is 304 g/mol. The van der Waals surface area contributed by atoms with Crippen LogP contribution in [0.5, 0.6) is 0 Å². The van der Waals surface area contributed by atoms with Crippen LogP contribution in [0.2, 0.25) is 0 Å². The summed E-state index contributed by atoms with van der Waals surface area (Å²) in [6.45, 7) is 6.92. The molecule has 2 rings (SSSR count). The lowest BCUT2D eigenvalue weighted by Gasteiger charge is -2.52. The van der Waals surface area contributed by atoms with Crippen LogP contribution in [0.15, 0.2) is 24.3 Å². The van der Waals surface area contributed by atoms with Gasteiger partial charge in [-0.15, -0.1) is 0 Å². The Hall–Kier alpha value is -1.55. The molecular formula is C18H28N2O2. The van der Waals surface area contributed by atoms with E-state index in [1.54, 1.807) is 4.90 Å². The highest BCUT2D eigenvalue weighted by Gasteiger charge is 2.48. The maximum atomic E-state index is 11.9. The molecule has 122 valence electrons. The van der Waals surface area contributed by atoms with Crippen molar-refractivity contribution in [1.29, 1.82) is 0 Å². The van der Waals surface area contributed by atoms with Crippen molar-refractivity contribution >= 4 is 6.09 Å². The van der Waals surface area contributed by atoms with Crippen molar-refractivity contribution in [3.63, 3.8) is 0 Å². The summed E-state index contributed by atoms with van der Waals surface area (Å²) in [4.78, 5) is 15.8. The quantitative estimate of drug-likeness (QED) is 0.928. The molecule has 0 aromatic heterocycles. The molecule has 0 radical (unpaired) electrons. The highest BCUT2D eigenvalue weighted by atomic mass is 16.4. The highest BCUT2D eigenvalue weighted by molar-refractivity contribution is 5.67. The summed E-state index contributed by atoms with van der Waals surface area (Å²) in [7, 11) is 4.17. The Morgan fingerprint density at radius 1 is 1.41 bits per heavy atom. The van der Waals surface area contributed by atoms with Gasteiger partial charge >= 0.3 is 6.09 Å². The van der Waals surface area contributed by atoms with E-state index in [4.69, 9.17) is 0 Å². The molecule has 0 bridgehead atoms. The van der Waals surface area contributed by atoms with E-state index >= 15 is 0 Å². The minimum Gasteiger partial charge on any atom is -0.465 e. The standard InChI is InChI=1S/C18H28N2O2/c1-13(2)18(15-8-6-7-14(3)11-15)12-16(19(4)5)9-10-20(18)17(21)22/h6-8,11,13,16H,9-10,12H2,1-5H3,(H,21,22). The Labute approximate surface area is 133 Å². The van der Waals surface area contributed by atoms with Crippen LogP contribution >= 0.6 is 0 Å². The van der Waals surface area contributed by atoms with E-state index in [-0.39, 0.29) is 5.92 Å². The lowest BCUT2D eigenvalue weighted by molar-refractivity contribution is -0.0150. The van der Waals surface area contributed by atoms with Gasteiger partial charge in [-0.2, -0.15) is 0 Å². The summed E-state index contributed by atoms with van der Waals surface area (Å²) < 4.78 is 0. The Morgan fingerprint density at radius 2 is 2.09 bits per heavy atom. The molecule has 0 saturated carbocycles. The SMILES string of the molecule is Cc1cccc(C2(C(C)C)CC(N(C)C)CCN2C(=O)O)c1.